The molecule has 0 bridgehead atoms. The fourth-order valence-electron chi connectivity index (χ4n) is 1.85. The lowest BCUT2D eigenvalue weighted by Crippen LogP contribution is -2.23. The highest BCUT2D eigenvalue weighted by molar-refractivity contribution is 6.38. The fraction of sp³-hybridized carbons (Fsp3) is 0.467. The van der Waals surface area contributed by atoms with Crippen LogP contribution >= 0.6 is 11.6 Å². The Kier molecular flexibility index (Phi) is 7.26. The second-order valence-electron chi connectivity index (χ2n) is 4.33. The van der Waals surface area contributed by atoms with Crippen LogP contribution in [0.25, 0.3) is 0 Å². The van der Waals surface area contributed by atoms with Gasteiger partial charge < -0.3 is 9.47 Å². The predicted octanol–water partition coefficient (Wildman–Crippen LogP) is 2.93. The Balaban J connectivity index is 2.78. The number of rotatable bonds is 9. The first kappa shape index (κ1) is 16.7. The summed E-state index contributed by atoms with van der Waals surface area (Å²) in [6.07, 6.45) is 0.656. The molecule has 0 saturated carbocycles. The summed E-state index contributed by atoms with van der Waals surface area (Å²) in [6.45, 7) is 0. The Morgan fingerprint density at radius 2 is 2.00 bits per heavy atom. The van der Waals surface area contributed by atoms with Gasteiger partial charge in [0.05, 0.1) is 7.11 Å². The summed E-state index contributed by atoms with van der Waals surface area (Å²) in [5, 5.41) is 0. The van der Waals surface area contributed by atoms with E-state index in [9.17, 15) is 9.59 Å². The van der Waals surface area contributed by atoms with Crippen molar-refractivity contribution in [3.63, 3.8) is 0 Å². The smallest absolute Gasteiger partial charge is 0.231 e. The normalized spacial score (nSPS) is 11.9. The zero-order chi connectivity index (χ0) is 15.0. The molecule has 0 radical (unpaired) electrons. The third-order valence-corrected chi connectivity index (χ3v) is 3.20. The molecule has 1 aromatic rings. The first-order valence-corrected chi connectivity index (χ1v) is 6.97. The number of alkyl halides is 1. The molecule has 0 aliphatic heterocycles. The third kappa shape index (κ3) is 4.62. The minimum absolute atomic E-state index is 0.204. The molecule has 1 rings (SSSR count). The molecule has 20 heavy (non-hydrogen) atoms. The molecule has 110 valence electrons. The van der Waals surface area contributed by atoms with Gasteiger partial charge in [-0.25, -0.2) is 0 Å². The van der Waals surface area contributed by atoms with E-state index in [0.717, 1.165) is 6.42 Å². The maximum Gasteiger partial charge on any atom is 0.231 e. The van der Waals surface area contributed by atoms with Gasteiger partial charge in [0.25, 0.3) is 0 Å². The van der Waals surface area contributed by atoms with Crippen LogP contribution in [0.2, 0.25) is 0 Å². The van der Waals surface area contributed by atoms with E-state index in [1.54, 1.807) is 31.4 Å². The number of carbonyl (C=O) groups excluding carboxylic acids is 2. The maximum absolute atomic E-state index is 12.1. The average Bonchev–Trinajstić information content (AvgIpc) is 2.48. The van der Waals surface area contributed by atoms with Crippen LogP contribution in [0.1, 0.15) is 30.9 Å². The minimum Gasteiger partial charge on any atom is -0.497 e. The number of unbranched alkanes of at least 4 members (excludes halogenated alkanes) is 1. The molecule has 0 spiro atoms. The summed E-state index contributed by atoms with van der Waals surface area (Å²) in [4.78, 5) is 24.0. The van der Waals surface area contributed by atoms with Crippen molar-refractivity contribution in [1.82, 2.24) is 0 Å². The first-order chi connectivity index (χ1) is 9.63. The van der Waals surface area contributed by atoms with Gasteiger partial charge in [0.15, 0.2) is 0 Å². The maximum atomic E-state index is 12.1. The van der Waals surface area contributed by atoms with Gasteiger partial charge in [-0.15, -0.1) is 11.6 Å². The standard InChI is InChI=1S/C15H19ClO4/c1-19-12-7-5-6-11(10-12)15(20-2)14(18)13(17)8-3-4-9-16/h5-7,10,15H,3-4,8-9H2,1-2H3. The molecule has 0 aliphatic rings. The molecule has 1 aromatic carbocycles. The molecule has 0 saturated heterocycles. The second-order valence-corrected chi connectivity index (χ2v) is 4.70. The number of carbonyl (C=O) groups is 2. The van der Waals surface area contributed by atoms with Gasteiger partial charge in [0.2, 0.25) is 11.6 Å². The van der Waals surface area contributed by atoms with E-state index in [4.69, 9.17) is 21.1 Å². The summed E-state index contributed by atoms with van der Waals surface area (Å²) < 4.78 is 10.3. The van der Waals surface area contributed by atoms with Crippen molar-refractivity contribution >= 4 is 23.2 Å². The van der Waals surface area contributed by atoms with Gasteiger partial charge in [-0.2, -0.15) is 0 Å². The summed E-state index contributed by atoms with van der Waals surface area (Å²) in [5.41, 5.74) is 0.613. The molecule has 0 fully saturated rings. The van der Waals surface area contributed by atoms with Gasteiger partial charge in [-0.1, -0.05) is 12.1 Å². The summed E-state index contributed by atoms with van der Waals surface area (Å²) >= 11 is 5.55. The van der Waals surface area contributed by atoms with E-state index in [1.807, 2.05) is 0 Å². The van der Waals surface area contributed by atoms with Crippen LogP contribution < -0.4 is 4.74 Å². The highest BCUT2D eigenvalue weighted by Gasteiger charge is 2.26. The highest BCUT2D eigenvalue weighted by Crippen LogP contribution is 2.23. The van der Waals surface area contributed by atoms with E-state index in [2.05, 4.69) is 0 Å². The largest absolute Gasteiger partial charge is 0.497 e. The molecule has 1 unspecified atom stereocenters. The van der Waals surface area contributed by atoms with E-state index in [-0.39, 0.29) is 6.42 Å². The van der Waals surface area contributed by atoms with Crippen LogP contribution in [0.15, 0.2) is 24.3 Å². The molecule has 4 nitrogen and oxygen atoms in total. The quantitative estimate of drug-likeness (QED) is 0.399. The molecule has 0 aromatic heterocycles. The van der Waals surface area contributed by atoms with Gasteiger partial charge in [-0.05, 0) is 30.5 Å². The molecular formula is C15H19ClO4. The number of hydrogen-bond donors (Lipinski definition) is 0. The van der Waals surface area contributed by atoms with Crippen molar-refractivity contribution in [2.75, 3.05) is 20.1 Å². The predicted molar refractivity (Wildman–Crippen MR) is 77.3 cm³/mol. The summed E-state index contributed by atoms with van der Waals surface area (Å²) in [5.74, 6) is 0.150. The zero-order valence-corrected chi connectivity index (χ0v) is 12.5. The Morgan fingerprint density at radius 3 is 2.60 bits per heavy atom. The number of ketones is 2. The topological polar surface area (TPSA) is 52.6 Å². The van der Waals surface area contributed by atoms with Crippen LogP contribution in [-0.2, 0) is 14.3 Å². The van der Waals surface area contributed by atoms with E-state index < -0.39 is 17.7 Å². The number of hydrogen-bond acceptors (Lipinski definition) is 4. The number of Topliss-reactive ketones (excluding diaryl/α,β-unsaturated/α-hetero) is 2. The SMILES string of the molecule is COc1cccc(C(OC)C(=O)C(=O)CCCCCl)c1. The van der Waals surface area contributed by atoms with Crippen molar-refractivity contribution < 1.29 is 19.1 Å². The summed E-state index contributed by atoms with van der Waals surface area (Å²) in [6, 6.07) is 6.95. The molecule has 5 heteroatoms. The molecule has 0 heterocycles. The van der Waals surface area contributed by atoms with Crippen LogP contribution in [0.4, 0.5) is 0 Å². The van der Waals surface area contributed by atoms with E-state index in [0.29, 0.717) is 23.6 Å². The Labute approximate surface area is 124 Å². The lowest BCUT2D eigenvalue weighted by atomic mass is 10.00. The first-order valence-electron chi connectivity index (χ1n) is 6.43. The van der Waals surface area contributed by atoms with Crippen LogP contribution in [-0.4, -0.2) is 31.7 Å². The Morgan fingerprint density at radius 1 is 1.25 bits per heavy atom. The van der Waals surface area contributed by atoms with Gasteiger partial charge in [-0.3, -0.25) is 9.59 Å². The third-order valence-electron chi connectivity index (χ3n) is 2.93. The highest BCUT2D eigenvalue weighted by atomic mass is 35.5. The lowest BCUT2D eigenvalue weighted by molar-refractivity contribution is -0.143. The monoisotopic (exact) mass is 298 g/mol. The summed E-state index contributed by atoms with van der Waals surface area (Å²) in [7, 11) is 2.95. The number of methoxy groups -OCH3 is 2. The van der Waals surface area contributed by atoms with Gasteiger partial charge in [0, 0.05) is 19.4 Å². The van der Waals surface area contributed by atoms with E-state index >= 15 is 0 Å². The van der Waals surface area contributed by atoms with Gasteiger partial charge >= 0.3 is 0 Å². The van der Waals surface area contributed by atoms with Crippen molar-refractivity contribution in [3.05, 3.63) is 29.8 Å². The molecule has 1 atom stereocenters. The molecular weight excluding hydrogens is 280 g/mol. The molecule has 0 amide bonds. The van der Waals surface area contributed by atoms with Crippen LogP contribution in [0.5, 0.6) is 5.75 Å². The molecule has 0 N–H and O–H groups in total. The number of benzene rings is 1. The Bertz CT molecular complexity index is 459. The number of ether oxygens (including phenoxy) is 2. The van der Waals surface area contributed by atoms with Crippen LogP contribution in [0, 0.1) is 0 Å². The fourth-order valence-corrected chi connectivity index (χ4v) is 2.04. The van der Waals surface area contributed by atoms with Crippen molar-refractivity contribution in [1.29, 1.82) is 0 Å². The average molecular weight is 299 g/mol. The van der Waals surface area contributed by atoms with E-state index in [1.165, 1.54) is 7.11 Å². The molecule has 0 aliphatic carbocycles. The van der Waals surface area contributed by atoms with Crippen LogP contribution in [0.3, 0.4) is 0 Å². The lowest BCUT2D eigenvalue weighted by Gasteiger charge is -2.14. The minimum atomic E-state index is -0.881. The van der Waals surface area contributed by atoms with Crippen molar-refractivity contribution in [2.24, 2.45) is 0 Å². The van der Waals surface area contributed by atoms with Gasteiger partial charge in [0.1, 0.15) is 11.9 Å². The zero-order valence-electron chi connectivity index (χ0n) is 11.7. The van der Waals surface area contributed by atoms with Crippen molar-refractivity contribution in [3.8, 4) is 5.75 Å². The second kappa shape index (κ2) is 8.72. The van der Waals surface area contributed by atoms with Crippen molar-refractivity contribution in [2.45, 2.75) is 25.4 Å². The Hall–Kier alpha value is -1.39. The number of halogens is 1.